The first-order valence-corrected chi connectivity index (χ1v) is 8.91. The maximum Gasteiger partial charge on any atom is 0.312 e. The lowest BCUT2D eigenvalue weighted by Crippen LogP contribution is -2.52. The third-order valence-corrected chi connectivity index (χ3v) is 3.72. The Hall–Kier alpha value is -2.81. The molecule has 0 spiro atoms. The first-order chi connectivity index (χ1) is 12.8. The molecule has 11 heteroatoms. The highest BCUT2D eigenvalue weighted by atomic mass is 16.2. The van der Waals surface area contributed by atoms with E-state index in [4.69, 9.17) is 11.3 Å². The highest BCUT2D eigenvalue weighted by Crippen LogP contribution is 2.05. The largest absolute Gasteiger partial charge is 0.352 e. The zero-order valence-electron chi connectivity index (χ0n) is 15.8. The molecule has 0 aliphatic heterocycles. The number of aldehydes is 1. The van der Waals surface area contributed by atoms with Crippen LogP contribution in [0.15, 0.2) is 5.11 Å². The van der Waals surface area contributed by atoms with E-state index in [9.17, 15) is 19.2 Å². The quantitative estimate of drug-likeness (QED) is 0.114. The van der Waals surface area contributed by atoms with Crippen LogP contribution in [0.4, 0.5) is 4.79 Å². The second-order valence-corrected chi connectivity index (χ2v) is 6.39. The van der Waals surface area contributed by atoms with Crippen LogP contribution in [0.3, 0.4) is 0 Å². The van der Waals surface area contributed by atoms with Crippen molar-refractivity contribution in [2.24, 2.45) is 16.8 Å². The van der Waals surface area contributed by atoms with Crippen LogP contribution in [0.2, 0.25) is 0 Å². The van der Waals surface area contributed by atoms with Gasteiger partial charge in [-0.2, -0.15) is 0 Å². The van der Waals surface area contributed by atoms with Crippen LogP contribution >= 0.6 is 0 Å². The smallest absolute Gasteiger partial charge is 0.312 e. The molecule has 0 aromatic carbocycles. The second-order valence-electron chi connectivity index (χ2n) is 6.39. The number of rotatable bonds is 14. The van der Waals surface area contributed by atoms with Crippen molar-refractivity contribution in [3.8, 4) is 0 Å². The molecule has 0 fully saturated rings. The lowest BCUT2D eigenvalue weighted by molar-refractivity contribution is -0.131. The number of urea groups is 1. The van der Waals surface area contributed by atoms with Gasteiger partial charge in [0.1, 0.15) is 12.3 Å². The van der Waals surface area contributed by atoms with Crippen molar-refractivity contribution < 1.29 is 19.2 Å². The Morgan fingerprint density at radius 1 is 1.19 bits per heavy atom. The summed E-state index contributed by atoms with van der Waals surface area (Å²) in [5.74, 6) is -0.883. The van der Waals surface area contributed by atoms with Crippen LogP contribution < -0.4 is 21.7 Å². The van der Waals surface area contributed by atoms with Crippen molar-refractivity contribution in [1.82, 2.24) is 16.0 Å². The van der Waals surface area contributed by atoms with Gasteiger partial charge in [0.05, 0.1) is 6.04 Å². The van der Waals surface area contributed by atoms with Crippen LogP contribution in [0.5, 0.6) is 0 Å². The van der Waals surface area contributed by atoms with E-state index in [1.54, 1.807) is 13.8 Å². The normalized spacial score (nSPS) is 12.4. The molecule has 27 heavy (non-hydrogen) atoms. The summed E-state index contributed by atoms with van der Waals surface area (Å²) in [6.07, 6.45) is 2.78. The van der Waals surface area contributed by atoms with Crippen molar-refractivity contribution in [3.05, 3.63) is 10.4 Å². The maximum atomic E-state index is 12.4. The molecule has 0 aliphatic carbocycles. The third-order valence-electron chi connectivity index (χ3n) is 3.72. The van der Waals surface area contributed by atoms with Crippen LogP contribution in [0, 0.1) is 5.92 Å². The highest BCUT2D eigenvalue weighted by Gasteiger charge is 2.25. The van der Waals surface area contributed by atoms with Crippen LogP contribution in [0.1, 0.15) is 46.0 Å². The number of nitrogens with two attached hydrogens (primary N) is 1. The Labute approximate surface area is 158 Å². The summed E-state index contributed by atoms with van der Waals surface area (Å²) in [4.78, 5) is 48.8. The molecule has 0 heterocycles. The number of nitrogens with one attached hydrogen (secondary N) is 3. The zero-order chi connectivity index (χ0) is 20.7. The molecule has 11 nitrogen and oxygen atoms in total. The first kappa shape index (κ1) is 24.2. The van der Waals surface area contributed by atoms with E-state index < -0.39 is 24.0 Å². The van der Waals surface area contributed by atoms with Gasteiger partial charge in [0.25, 0.3) is 0 Å². The average molecular weight is 383 g/mol. The van der Waals surface area contributed by atoms with Gasteiger partial charge in [-0.3, -0.25) is 9.59 Å². The molecule has 4 amide bonds. The maximum absolute atomic E-state index is 12.4. The summed E-state index contributed by atoms with van der Waals surface area (Å²) in [7, 11) is 0. The van der Waals surface area contributed by atoms with Crippen molar-refractivity contribution >= 4 is 24.1 Å². The molecule has 2 unspecified atom stereocenters. The SMILES string of the molecule is CC(C)C(NC(=O)CCCCN=[N+]=[N-])C(=O)NC(C=O)CCCNC(N)=O. The van der Waals surface area contributed by atoms with Gasteiger partial charge in [-0.15, -0.1) is 0 Å². The number of hydrogen-bond acceptors (Lipinski definition) is 5. The summed E-state index contributed by atoms with van der Waals surface area (Å²) < 4.78 is 0. The van der Waals surface area contributed by atoms with Gasteiger partial charge in [0, 0.05) is 24.4 Å². The molecule has 0 saturated carbocycles. The Morgan fingerprint density at radius 3 is 2.44 bits per heavy atom. The van der Waals surface area contributed by atoms with Gasteiger partial charge in [-0.25, -0.2) is 4.79 Å². The van der Waals surface area contributed by atoms with E-state index in [1.807, 2.05) is 0 Å². The Kier molecular flexibility index (Phi) is 12.9. The minimum atomic E-state index is -0.763. The van der Waals surface area contributed by atoms with E-state index in [2.05, 4.69) is 26.0 Å². The zero-order valence-corrected chi connectivity index (χ0v) is 15.8. The van der Waals surface area contributed by atoms with Crippen LogP contribution in [-0.2, 0) is 14.4 Å². The number of carbonyl (C=O) groups is 4. The third kappa shape index (κ3) is 12.2. The Morgan fingerprint density at radius 2 is 1.89 bits per heavy atom. The van der Waals surface area contributed by atoms with Crippen molar-refractivity contribution in [1.29, 1.82) is 0 Å². The minimum absolute atomic E-state index is 0.166. The molecule has 0 aromatic heterocycles. The van der Waals surface area contributed by atoms with Crippen molar-refractivity contribution in [2.45, 2.75) is 58.0 Å². The van der Waals surface area contributed by atoms with Crippen LogP contribution in [-0.4, -0.2) is 49.3 Å². The van der Waals surface area contributed by atoms with Crippen LogP contribution in [0.25, 0.3) is 10.4 Å². The lowest BCUT2D eigenvalue weighted by Gasteiger charge is -2.23. The van der Waals surface area contributed by atoms with Crippen molar-refractivity contribution in [2.75, 3.05) is 13.1 Å². The molecule has 0 aliphatic rings. The molecule has 0 saturated heterocycles. The average Bonchev–Trinajstić information content (AvgIpc) is 2.61. The topological polar surface area (TPSA) is 179 Å². The number of hydrogen-bond donors (Lipinski definition) is 4. The number of carbonyl (C=O) groups excluding carboxylic acids is 4. The summed E-state index contributed by atoms with van der Waals surface area (Å²) in [5.41, 5.74) is 13.1. The fraction of sp³-hybridized carbons (Fsp3) is 0.750. The fourth-order valence-electron chi connectivity index (χ4n) is 2.27. The minimum Gasteiger partial charge on any atom is -0.352 e. The molecule has 2 atom stereocenters. The summed E-state index contributed by atoms with van der Waals surface area (Å²) in [5, 5.41) is 11.1. The van der Waals surface area contributed by atoms with Gasteiger partial charge in [0.15, 0.2) is 0 Å². The first-order valence-electron chi connectivity index (χ1n) is 8.91. The standard InChI is InChI=1S/C16H29N7O4/c1-11(2)14(22-13(25)7-3-4-9-20-23-18)15(26)21-12(10-24)6-5-8-19-16(17)27/h10-12,14H,3-9H2,1-2H3,(H,21,26)(H,22,25)(H3,17,19,27). The van der Waals surface area contributed by atoms with Gasteiger partial charge in [-0.1, -0.05) is 19.0 Å². The molecule has 0 radical (unpaired) electrons. The van der Waals surface area contributed by atoms with E-state index >= 15 is 0 Å². The second kappa shape index (κ2) is 14.4. The van der Waals surface area contributed by atoms with Crippen molar-refractivity contribution in [3.63, 3.8) is 0 Å². The molecule has 0 aromatic rings. The number of unbranched alkanes of at least 4 members (excludes halogenated alkanes) is 1. The number of primary amides is 1. The molecular weight excluding hydrogens is 354 g/mol. The van der Waals surface area contributed by atoms with Gasteiger partial charge in [-0.05, 0) is 37.1 Å². The van der Waals surface area contributed by atoms with Gasteiger partial charge in [0.2, 0.25) is 11.8 Å². The number of azide groups is 1. The number of amides is 4. The Balaban J connectivity index is 4.45. The van der Waals surface area contributed by atoms with E-state index in [0.717, 1.165) is 0 Å². The summed E-state index contributed by atoms with van der Waals surface area (Å²) in [6.45, 7) is 4.21. The monoisotopic (exact) mass is 383 g/mol. The fourth-order valence-corrected chi connectivity index (χ4v) is 2.27. The lowest BCUT2D eigenvalue weighted by atomic mass is 10.0. The molecular formula is C16H29N7O4. The number of nitrogens with zero attached hydrogens (tertiary/aromatic N) is 3. The molecule has 0 bridgehead atoms. The molecule has 0 rings (SSSR count). The van der Waals surface area contributed by atoms with Gasteiger partial charge < -0.3 is 26.5 Å². The summed E-state index contributed by atoms with van der Waals surface area (Å²) in [6, 6.07) is -2.13. The predicted molar refractivity (Wildman–Crippen MR) is 99.4 cm³/mol. The predicted octanol–water partition coefficient (Wildman–Crippen LogP) is 0.740. The summed E-state index contributed by atoms with van der Waals surface area (Å²) >= 11 is 0. The van der Waals surface area contributed by atoms with E-state index in [1.165, 1.54) is 0 Å². The molecule has 5 N–H and O–H groups in total. The van der Waals surface area contributed by atoms with Gasteiger partial charge >= 0.3 is 6.03 Å². The Bertz CT molecular complexity index is 547. The van der Waals surface area contributed by atoms with E-state index in [0.29, 0.717) is 45.1 Å². The molecule has 152 valence electrons. The van der Waals surface area contributed by atoms with E-state index in [-0.39, 0.29) is 18.2 Å². The highest BCUT2D eigenvalue weighted by molar-refractivity contribution is 5.89.